The maximum Gasteiger partial charge on any atom is 0.0438 e. The minimum Gasteiger partial charge on any atom is -0.396 e. The second-order valence-corrected chi connectivity index (χ2v) is 2.06. The van der Waals surface area contributed by atoms with Crippen LogP contribution in [0.5, 0.6) is 0 Å². The number of aliphatic hydroxyl groups is 1. The molecule has 8 heavy (non-hydrogen) atoms. The fourth-order valence-corrected chi connectivity index (χ4v) is 0.627. The Balaban J connectivity index is 0. The van der Waals surface area contributed by atoms with Gasteiger partial charge in [0.2, 0.25) is 0 Å². The minimum absolute atomic E-state index is 0.334. The molecule has 0 saturated heterocycles. The molecule has 0 aromatic rings. The molecule has 0 unspecified atom stereocenters. The Kier molecular flexibility index (Phi) is 21.8. The summed E-state index contributed by atoms with van der Waals surface area (Å²) in [7, 11) is 0. The van der Waals surface area contributed by atoms with E-state index in [9.17, 15) is 0 Å². The van der Waals surface area contributed by atoms with Gasteiger partial charge in [0.15, 0.2) is 0 Å². The topological polar surface area (TPSA) is 20.2 Å². The van der Waals surface area contributed by atoms with Gasteiger partial charge in [-0.15, -0.1) is 0 Å². The van der Waals surface area contributed by atoms with Crippen molar-refractivity contribution in [2.75, 3.05) is 18.6 Å². The number of hydrogen-bond donors (Lipinski definition) is 1. The zero-order valence-corrected chi connectivity index (χ0v) is 6.79. The Bertz CT molecular complexity index is 20.5. The van der Waals surface area contributed by atoms with Crippen molar-refractivity contribution in [3.63, 3.8) is 0 Å². The van der Waals surface area contributed by atoms with Crippen LogP contribution in [-0.4, -0.2) is 23.7 Å². The highest BCUT2D eigenvalue weighted by atomic mass is 32.2. The Morgan fingerprint density at radius 1 is 1.38 bits per heavy atom. The maximum atomic E-state index is 8.18. The highest BCUT2D eigenvalue weighted by molar-refractivity contribution is 7.98. The van der Waals surface area contributed by atoms with Gasteiger partial charge in [0.05, 0.1) is 0 Å². The summed E-state index contributed by atoms with van der Waals surface area (Å²) < 4.78 is 0. The smallest absolute Gasteiger partial charge is 0.0438 e. The average Bonchev–Trinajstić information content (AvgIpc) is 1.88. The fourth-order valence-electron chi connectivity index (χ4n) is 0.209. The molecule has 0 aromatic heterocycles. The Labute approximate surface area is 56.5 Å². The molecule has 0 atom stereocenters. The van der Waals surface area contributed by atoms with Crippen LogP contribution in [0.1, 0.15) is 20.3 Å². The van der Waals surface area contributed by atoms with Crippen molar-refractivity contribution in [2.24, 2.45) is 0 Å². The van der Waals surface area contributed by atoms with Crippen molar-refractivity contribution in [1.82, 2.24) is 0 Å². The van der Waals surface area contributed by atoms with E-state index in [-0.39, 0.29) is 0 Å². The molecule has 2 heteroatoms. The predicted molar refractivity (Wildman–Crippen MR) is 41.4 cm³/mol. The summed E-state index contributed by atoms with van der Waals surface area (Å²) in [5.74, 6) is 1.08. The summed E-state index contributed by atoms with van der Waals surface area (Å²) in [6.45, 7) is 4.33. The first-order valence-electron chi connectivity index (χ1n) is 3.01. The molecular formula is C6H16OS. The first-order chi connectivity index (χ1) is 3.91. The number of aliphatic hydroxyl groups excluding tert-OH is 1. The third-order valence-corrected chi connectivity index (χ3v) is 1.20. The van der Waals surface area contributed by atoms with Gasteiger partial charge >= 0.3 is 0 Å². The van der Waals surface area contributed by atoms with Gasteiger partial charge < -0.3 is 5.11 Å². The van der Waals surface area contributed by atoms with Crippen LogP contribution in [0.4, 0.5) is 0 Å². The summed E-state index contributed by atoms with van der Waals surface area (Å²) >= 11 is 1.77. The SMILES string of the molecule is CC.CSCCCO. The van der Waals surface area contributed by atoms with E-state index >= 15 is 0 Å². The third kappa shape index (κ3) is 16.2. The van der Waals surface area contributed by atoms with Gasteiger partial charge in [0.25, 0.3) is 0 Å². The largest absolute Gasteiger partial charge is 0.396 e. The molecule has 1 nitrogen and oxygen atoms in total. The monoisotopic (exact) mass is 136 g/mol. The highest BCUT2D eigenvalue weighted by Gasteiger charge is 1.76. The van der Waals surface area contributed by atoms with Crippen molar-refractivity contribution in [2.45, 2.75) is 20.3 Å². The average molecular weight is 136 g/mol. The standard InChI is InChI=1S/C4H10OS.C2H6/c1-6-4-2-3-5;1-2/h5H,2-4H2,1H3;1-2H3. The molecule has 0 fully saturated rings. The molecule has 52 valence electrons. The van der Waals surface area contributed by atoms with Gasteiger partial charge in [0.1, 0.15) is 0 Å². The van der Waals surface area contributed by atoms with Crippen LogP contribution >= 0.6 is 11.8 Å². The van der Waals surface area contributed by atoms with E-state index in [1.165, 1.54) is 0 Å². The van der Waals surface area contributed by atoms with E-state index in [1.807, 2.05) is 20.1 Å². The van der Waals surface area contributed by atoms with Crippen molar-refractivity contribution in [1.29, 1.82) is 0 Å². The molecule has 0 spiro atoms. The van der Waals surface area contributed by atoms with Crippen LogP contribution in [0.3, 0.4) is 0 Å². The molecule has 1 N–H and O–H groups in total. The van der Waals surface area contributed by atoms with Gasteiger partial charge in [-0.2, -0.15) is 11.8 Å². The lowest BCUT2D eigenvalue weighted by Gasteiger charge is -1.86. The molecule has 0 heterocycles. The third-order valence-electron chi connectivity index (χ3n) is 0.507. The van der Waals surface area contributed by atoms with Gasteiger partial charge in [-0.25, -0.2) is 0 Å². The zero-order chi connectivity index (χ0) is 6.83. The number of hydrogen-bond acceptors (Lipinski definition) is 2. The summed E-state index contributed by atoms with van der Waals surface area (Å²) in [5, 5.41) is 8.18. The van der Waals surface area contributed by atoms with Crippen LogP contribution < -0.4 is 0 Å². The molecule has 0 aliphatic rings. The zero-order valence-electron chi connectivity index (χ0n) is 5.98. The predicted octanol–water partition coefficient (Wildman–Crippen LogP) is 1.76. The van der Waals surface area contributed by atoms with Crippen molar-refractivity contribution in [3.8, 4) is 0 Å². The van der Waals surface area contributed by atoms with E-state index < -0.39 is 0 Å². The van der Waals surface area contributed by atoms with Gasteiger partial charge in [-0.3, -0.25) is 0 Å². The van der Waals surface area contributed by atoms with Crippen LogP contribution in [0.2, 0.25) is 0 Å². The lowest BCUT2D eigenvalue weighted by Crippen LogP contribution is -1.82. The maximum absolute atomic E-state index is 8.18. The van der Waals surface area contributed by atoms with Crippen molar-refractivity contribution in [3.05, 3.63) is 0 Å². The van der Waals surface area contributed by atoms with Crippen LogP contribution in [-0.2, 0) is 0 Å². The summed E-state index contributed by atoms with van der Waals surface area (Å²) in [6, 6.07) is 0. The van der Waals surface area contributed by atoms with Gasteiger partial charge in [0, 0.05) is 6.61 Å². The normalized spacial score (nSPS) is 7.50. The molecule has 0 aliphatic carbocycles. The summed E-state index contributed by atoms with van der Waals surface area (Å²) in [6.07, 6.45) is 2.97. The fraction of sp³-hybridized carbons (Fsp3) is 1.00. The van der Waals surface area contributed by atoms with Crippen LogP contribution in [0.15, 0.2) is 0 Å². The quantitative estimate of drug-likeness (QED) is 0.597. The van der Waals surface area contributed by atoms with E-state index in [0.29, 0.717) is 6.61 Å². The van der Waals surface area contributed by atoms with Gasteiger partial charge in [-0.1, -0.05) is 13.8 Å². The van der Waals surface area contributed by atoms with Crippen molar-refractivity contribution < 1.29 is 5.11 Å². The highest BCUT2D eigenvalue weighted by Crippen LogP contribution is 1.92. The van der Waals surface area contributed by atoms with E-state index in [4.69, 9.17) is 5.11 Å². The van der Waals surface area contributed by atoms with Gasteiger partial charge in [-0.05, 0) is 18.4 Å². The summed E-state index contributed by atoms with van der Waals surface area (Å²) in [5.41, 5.74) is 0. The molecule has 0 radical (unpaired) electrons. The van der Waals surface area contributed by atoms with Crippen LogP contribution in [0.25, 0.3) is 0 Å². The first kappa shape index (κ1) is 11.2. The number of thioether (sulfide) groups is 1. The Hall–Kier alpha value is 0.310. The lowest BCUT2D eigenvalue weighted by atomic mass is 10.5. The lowest BCUT2D eigenvalue weighted by molar-refractivity contribution is 0.296. The molecule has 0 bridgehead atoms. The first-order valence-corrected chi connectivity index (χ1v) is 4.41. The van der Waals surface area contributed by atoms with Crippen LogP contribution in [0, 0.1) is 0 Å². The Morgan fingerprint density at radius 3 is 2.00 bits per heavy atom. The second kappa shape index (κ2) is 15.7. The Morgan fingerprint density at radius 2 is 1.88 bits per heavy atom. The van der Waals surface area contributed by atoms with E-state index in [0.717, 1.165) is 12.2 Å². The van der Waals surface area contributed by atoms with E-state index in [1.54, 1.807) is 11.8 Å². The minimum atomic E-state index is 0.334. The van der Waals surface area contributed by atoms with Crippen molar-refractivity contribution >= 4 is 11.8 Å². The molecular weight excluding hydrogens is 120 g/mol. The summed E-state index contributed by atoms with van der Waals surface area (Å²) in [4.78, 5) is 0. The second-order valence-electron chi connectivity index (χ2n) is 1.07. The molecule has 0 amide bonds. The molecule has 0 aliphatic heterocycles. The van der Waals surface area contributed by atoms with E-state index in [2.05, 4.69) is 0 Å². The number of rotatable bonds is 3. The molecule has 0 rings (SSSR count). The molecule has 0 saturated carbocycles. The molecule has 0 aromatic carbocycles.